The maximum absolute atomic E-state index is 12.1. The average molecular weight is 298 g/mol. The van der Waals surface area contributed by atoms with E-state index in [-0.39, 0.29) is 11.7 Å². The van der Waals surface area contributed by atoms with Crippen LogP contribution in [0.5, 0.6) is 5.75 Å². The summed E-state index contributed by atoms with van der Waals surface area (Å²) in [5, 5.41) is 3.36. The summed E-state index contributed by atoms with van der Waals surface area (Å²) < 4.78 is 5.63. The molecule has 0 saturated heterocycles. The molecule has 4 heteroatoms. The molecule has 0 spiro atoms. The van der Waals surface area contributed by atoms with E-state index >= 15 is 0 Å². The second-order valence-corrected chi connectivity index (χ2v) is 6.07. The molecule has 1 aliphatic rings. The Labute approximate surface area is 130 Å². The molecule has 0 aliphatic heterocycles. The van der Waals surface area contributed by atoms with Crippen molar-refractivity contribution in [2.24, 2.45) is 0 Å². The van der Waals surface area contributed by atoms with E-state index in [0.717, 1.165) is 22.6 Å². The van der Waals surface area contributed by atoms with Gasteiger partial charge in [-0.15, -0.1) is 0 Å². The Bertz CT molecular complexity index is 685. The fourth-order valence-corrected chi connectivity index (χ4v) is 2.34. The zero-order chi connectivity index (χ0) is 15.5. The number of nitrogens with one attached hydrogen (secondary N) is 2. The molecule has 0 bridgehead atoms. The number of H-pyrrole nitrogens is 1. The van der Waals surface area contributed by atoms with Crippen LogP contribution in [0, 0.1) is 0 Å². The summed E-state index contributed by atoms with van der Waals surface area (Å²) in [6.45, 7) is 4.64. The molecule has 4 nitrogen and oxygen atoms in total. The Hall–Kier alpha value is -2.07. The highest BCUT2D eigenvalue weighted by atomic mass is 16.5. The van der Waals surface area contributed by atoms with Crippen molar-refractivity contribution in [3.05, 3.63) is 52.3 Å². The van der Waals surface area contributed by atoms with Crippen LogP contribution in [-0.2, 0) is 6.54 Å². The van der Waals surface area contributed by atoms with Crippen LogP contribution < -0.4 is 15.6 Å². The topological polar surface area (TPSA) is 54.1 Å². The van der Waals surface area contributed by atoms with Crippen LogP contribution >= 0.6 is 0 Å². The average Bonchev–Trinajstić information content (AvgIpc) is 3.30. The largest absolute Gasteiger partial charge is 0.491 e. The van der Waals surface area contributed by atoms with Gasteiger partial charge in [-0.3, -0.25) is 4.79 Å². The van der Waals surface area contributed by atoms with Crippen LogP contribution in [0.3, 0.4) is 0 Å². The molecule has 3 rings (SSSR count). The maximum Gasteiger partial charge on any atom is 0.252 e. The molecule has 1 aromatic carbocycles. The molecule has 1 aromatic heterocycles. The molecule has 1 heterocycles. The third kappa shape index (κ3) is 3.77. The molecular formula is C18H22N2O2. The lowest BCUT2D eigenvalue weighted by Gasteiger charge is -2.10. The van der Waals surface area contributed by atoms with Crippen molar-refractivity contribution in [1.82, 2.24) is 10.3 Å². The lowest BCUT2D eigenvalue weighted by Crippen LogP contribution is -2.22. The summed E-state index contributed by atoms with van der Waals surface area (Å²) in [6, 6.07) is 12.3. The fraction of sp³-hybridized carbons (Fsp3) is 0.389. The maximum atomic E-state index is 12.1. The standard InChI is InChI=1S/C18H22N2O2/c1-12(2)22-16-8-3-13(4-9-16)17-10-5-14(18(21)20-17)11-19-15-6-7-15/h3-5,8-10,12,15,19H,6-7,11H2,1-2H3,(H,20,21). The van der Waals surface area contributed by atoms with Crippen LogP contribution in [0.4, 0.5) is 0 Å². The van der Waals surface area contributed by atoms with Crippen molar-refractivity contribution in [1.29, 1.82) is 0 Å². The quantitative estimate of drug-likeness (QED) is 0.861. The van der Waals surface area contributed by atoms with E-state index < -0.39 is 0 Å². The molecular weight excluding hydrogens is 276 g/mol. The van der Waals surface area contributed by atoms with E-state index in [0.29, 0.717) is 12.6 Å². The van der Waals surface area contributed by atoms with Gasteiger partial charge in [0.25, 0.3) is 5.56 Å². The van der Waals surface area contributed by atoms with E-state index in [1.165, 1.54) is 12.8 Å². The normalized spacial score (nSPS) is 14.3. The van der Waals surface area contributed by atoms with Gasteiger partial charge in [0.05, 0.1) is 6.10 Å². The predicted octanol–water partition coefficient (Wildman–Crippen LogP) is 3.08. The Kier molecular flexibility index (Phi) is 4.29. The first-order chi connectivity index (χ1) is 10.6. The summed E-state index contributed by atoms with van der Waals surface area (Å²) in [7, 11) is 0. The first kappa shape index (κ1) is 14.9. The minimum atomic E-state index is -0.0202. The van der Waals surface area contributed by atoms with E-state index in [4.69, 9.17) is 4.74 Å². The summed E-state index contributed by atoms with van der Waals surface area (Å²) >= 11 is 0. The summed E-state index contributed by atoms with van der Waals surface area (Å²) in [5.74, 6) is 0.839. The number of rotatable bonds is 6. The monoisotopic (exact) mass is 298 g/mol. The van der Waals surface area contributed by atoms with Gasteiger partial charge in [-0.1, -0.05) is 6.07 Å². The van der Waals surface area contributed by atoms with Gasteiger partial charge < -0.3 is 15.0 Å². The Morgan fingerprint density at radius 2 is 1.91 bits per heavy atom. The second kappa shape index (κ2) is 6.36. The molecule has 1 fully saturated rings. The van der Waals surface area contributed by atoms with Gasteiger partial charge in [0, 0.05) is 23.8 Å². The molecule has 0 amide bonds. The number of ether oxygens (including phenoxy) is 1. The van der Waals surface area contributed by atoms with E-state index in [2.05, 4.69) is 10.3 Å². The summed E-state index contributed by atoms with van der Waals surface area (Å²) in [6.07, 6.45) is 2.60. The summed E-state index contributed by atoms with van der Waals surface area (Å²) in [4.78, 5) is 15.1. The second-order valence-electron chi connectivity index (χ2n) is 6.07. The highest BCUT2D eigenvalue weighted by molar-refractivity contribution is 5.60. The zero-order valence-corrected chi connectivity index (χ0v) is 13.1. The van der Waals surface area contributed by atoms with Gasteiger partial charge >= 0.3 is 0 Å². The Balaban J connectivity index is 1.73. The van der Waals surface area contributed by atoms with E-state index in [1.54, 1.807) is 0 Å². The van der Waals surface area contributed by atoms with Crippen molar-refractivity contribution in [3.8, 4) is 17.0 Å². The molecule has 2 N–H and O–H groups in total. The first-order valence-electron chi connectivity index (χ1n) is 7.84. The van der Waals surface area contributed by atoms with E-state index in [9.17, 15) is 4.79 Å². The third-order valence-corrected chi connectivity index (χ3v) is 3.69. The van der Waals surface area contributed by atoms with Gasteiger partial charge in [0.1, 0.15) is 5.75 Å². The molecule has 0 radical (unpaired) electrons. The highest BCUT2D eigenvalue weighted by Gasteiger charge is 2.20. The first-order valence-corrected chi connectivity index (χ1v) is 7.84. The number of aromatic nitrogens is 1. The zero-order valence-electron chi connectivity index (χ0n) is 13.1. The Morgan fingerprint density at radius 1 is 1.18 bits per heavy atom. The SMILES string of the molecule is CC(C)Oc1ccc(-c2ccc(CNC3CC3)c(=O)[nH]2)cc1. The molecule has 1 aliphatic carbocycles. The lowest BCUT2D eigenvalue weighted by molar-refractivity contribution is 0.242. The molecule has 22 heavy (non-hydrogen) atoms. The van der Waals surface area contributed by atoms with Gasteiger partial charge in [-0.25, -0.2) is 0 Å². The van der Waals surface area contributed by atoms with Gasteiger partial charge in [0.15, 0.2) is 0 Å². The van der Waals surface area contributed by atoms with Crippen LogP contribution in [0.15, 0.2) is 41.2 Å². The van der Waals surface area contributed by atoms with E-state index in [1.807, 2.05) is 50.2 Å². The van der Waals surface area contributed by atoms with Crippen LogP contribution in [-0.4, -0.2) is 17.1 Å². The fourth-order valence-electron chi connectivity index (χ4n) is 2.34. The predicted molar refractivity (Wildman–Crippen MR) is 88.1 cm³/mol. The number of aromatic amines is 1. The van der Waals surface area contributed by atoms with Crippen LogP contribution in [0.2, 0.25) is 0 Å². The van der Waals surface area contributed by atoms with Gasteiger partial charge in [-0.05, 0) is 62.6 Å². The van der Waals surface area contributed by atoms with Crippen molar-refractivity contribution in [2.45, 2.75) is 45.4 Å². The number of benzene rings is 1. The molecule has 2 aromatic rings. The number of pyridine rings is 1. The van der Waals surface area contributed by atoms with Crippen LogP contribution in [0.25, 0.3) is 11.3 Å². The smallest absolute Gasteiger partial charge is 0.252 e. The van der Waals surface area contributed by atoms with Crippen molar-refractivity contribution in [3.63, 3.8) is 0 Å². The number of hydrogen-bond donors (Lipinski definition) is 2. The van der Waals surface area contributed by atoms with Crippen molar-refractivity contribution < 1.29 is 4.74 Å². The highest BCUT2D eigenvalue weighted by Crippen LogP contribution is 2.21. The number of hydrogen-bond acceptors (Lipinski definition) is 3. The summed E-state index contributed by atoms with van der Waals surface area (Å²) in [5.41, 5.74) is 2.58. The third-order valence-electron chi connectivity index (χ3n) is 3.69. The molecule has 1 saturated carbocycles. The Morgan fingerprint density at radius 3 is 2.50 bits per heavy atom. The van der Waals surface area contributed by atoms with Crippen LogP contribution in [0.1, 0.15) is 32.3 Å². The molecule has 116 valence electrons. The molecule has 0 atom stereocenters. The van der Waals surface area contributed by atoms with Crippen molar-refractivity contribution in [2.75, 3.05) is 0 Å². The lowest BCUT2D eigenvalue weighted by atomic mass is 10.1. The minimum absolute atomic E-state index is 0.0202. The van der Waals surface area contributed by atoms with Crippen molar-refractivity contribution >= 4 is 0 Å². The molecule has 0 unspecified atom stereocenters. The van der Waals surface area contributed by atoms with Gasteiger partial charge in [-0.2, -0.15) is 0 Å². The van der Waals surface area contributed by atoms with Gasteiger partial charge in [0.2, 0.25) is 0 Å². The minimum Gasteiger partial charge on any atom is -0.491 e.